The fourth-order valence-electron chi connectivity index (χ4n) is 1.07. The fourth-order valence-corrected chi connectivity index (χ4v) is 1.70. The molecule has 3 unspecified atom stereocenters. The molecule has 0 aliphatic carbocycles. The van der Waals surface area contributed by atoms with Crippen LogP contribution >= 0.6 is 22.6 Å². The molecule has 0 spiro atoms. The van der Waals surface area contributed by atoms with Crippen molar-refractivity contribution in [2.75, 3.05) is 13.2 Å². The van der Waals surface area contributed by atoms with Crippen molar-refractivity contribution in [3.63, 3.8) is 0 Å². The van der Waals surface area contributed by atoms with Crippen LogP contribution in [0.3, 0.4) is 0 Å². The average Bonchev–Trinajstić information content (AvgIpc) is 2.36. The van der Waals surface area contributed by atoms with Crippen LogP contribution in [0.5, 0.6) is 0 Å². The maximum absolute atomic E-state index is 5.85. The smallest absolute Gasteiger partial charge is 0.0951 e. The van der Waals surface area contributed by atoms with E-state index >= 15 is 0 Å². The lowest BCUT2D eigenvalue weighted by atomic mass is 10.1. The molecule has 12 heavy (non-hydrogen) atoms. The van der Waals surface area contributed by atoms with Crippen molar-refractivity contribution in [2.45, 2.75) is 36.9 Å². The van der Waals surface area contributed by atoms with Crippen LogP contribution in [-0.4, -0.2) is 29.3 Å². The minimum Gasteiger partial charge on any atom is -0.378 e. The van der Waals surface area contributed by atoms with Gasteiger partial charge >= 0.3 is 0 Å². The summed E-state index contributed by atoms with van der Waals surface area (Å²) in [5, 5.41) is 0. The van der Waals surface area contributed by atoms with E-state index in [9.17, 15) is 0 Å². The lowest BCUT2D eigenvalue weighted by Gasteiger charge is -2.22. The van der Waals surface area contributed by atoms with E-state index in [1.807, 2.05) is 0 Å². The Bertz CT molecular complexity index is 138. The summed E-state index contributed by atoms with van der Waals surface area (Å²) < 4.78 is 11.7. The molecule has 72 valence electrons. The van der Waals surface area contributed by atoms with Crippen LogP contribution in [0.15, 0.2) is 0 Å². The van der Waals surface area contributed by atoms with Gasteiger partial charge in [0.2, 0.25) is 0 Å². The number of ether oxygens (including phenoxy) is 2. The second kappa shape index (κ2) is 4.77. The summed E-state index contributed by atoms with van der Waals surface area (Å²) in [5.41, 5.74) is 0. The van der Waals surface area contributed by atoms with Crippen molar-refractivity contribution < 1.29 is 9.47 Å². The van der Waals surface area contributed by atoms with Gasteiger partial charge in [0, 0.05) is 0 Å². The van der Waals surface area contributed by atoms with E-state index < -0.39 is 0 Å². The quantitative estimate of drug-likeness (QED) is 0.584. The maximum atomic E-state index is 5.85. The Morgan fingerprint density at radius 2 is 2.00 bits per heavy atom. The molecule has 0 aromatic carbocycles. The minimum atomic E-state index is 0.308. The van der Waals surface area contributed by atoms with E-state index in [1.165, 1.54) is 0 Å². The van der Waals surface area contributed by atoms with Gasteiger partial charge in [-0.1, -0.05) is 36.4 Å². The average molecular weight is 284 g/mol. The Labute approximate surface area is 88.1 Å². The minimum absolute atomic E-state index is 0.308. The molecule has 1 rings (SSSR count). The zero-order valence-corrected chi connectivity index (χ0v) is 10.1. The Morgan fingerprint density at radius 1 is 1.33 bits per heavy atom. The van der Waals surface area contributed by atoms with Crippen LogP contribution < -0.4 is 0 Å². The van der Waals surface area contributed by atoms with Crippen molar-refractivity contribution in [2.24, 2.45) is 5.92 Å². The Kier molecular flexibility index (Phi) is 4.26. The van der Waals surface area contributed by atoms with Crippen molar-refractivity contribution in [1.82, 2.24) is 0 Å². The van der Waals surface area contributed by atoms with E-state index in [4.69, 9.17) is 9.47 Å². The molecule has 0 bridgehead atoms. The maximum Gasteiger partial charge on any atom is 0.0951 e. The molecule has 3 heteroatoms. The van der Waals surface area contributed by atoms with Gasteiger partial charge in [0.05, 0.1) is 29.3 Å². The topological polar surface area (TPSA) is 18.5 Å². The summed E-state index contributed by atoms with van der Waals surface area (Å²) in [6.45, 7) is 8.11. The highest BCUT2D eigenvalue weighted by atomic mass is 127. The van der Waals surface area contributed by atoms with Crippen LogP contribution in [0.25, 0.3) is 0 Å². The van der Waals surface area contributed by atoms with Gasteiger partial charge in [0.15, 0.2) is 0 Å². The second-order valence-corrected chi connectivity index (χ2v) is 5.28. The third-order valence-corrected chi connectivity index (χ3v) is 3.45. The highest BCUT2D eigenvalue weighted by molar-refractivity contribution is 14.1. The highest BCUT2D eigenvalue weighted by Crippen LogP contribution is 2.21. The van der Waals surface area contributed by atoms with E-state index in [-0.39, 0.29) is 0 Å². The van der Waals surface area contributed by atoms with Gasteiger partial charge in [0.25, 0.3) is 0 Å². The standard InChI is InChI=1S/C9H17IO2/c1-6(2)7(3)12-9-5-11-4-8(9)10/h6-9H,4-5H2,1-3H3. The van der Waals surface area contributed by atoms with E-state index in [2.05, 4.69) is 43.4 Å². The van der Waals surface area contributed by atoms with E-state index in [0.29, 0.717) is 22.1 Å². The second-order valence-electron chi connectivity index (χ2n) is 3.68. The van der Waals surface area contributed by atoms with Crippen LogP contribution in [0.2, 0.25) is 0 Å². The molecule has 0 radical (unpaired) electrons. The molecule has 0 aromatic heterocycles. The SMILES string of the molecule is CC(C)C(C)OC1COCC1I. The van der Waals surface area contributed by atoms with Crippen molar-refractivity contribution in [3.05, 3.63) is 0 Å². The fraction of sp³-hybridized carbons (Fsp3) is 1.00. The van der Waals surface area contributed by atoms with Gasteiger partial charge < -0.3 is 9.47 Å². The molecule has 1 aliphatic heterocycles. The van der Waals surface area contributed by atoms with Gasteiger partial charge in [0.1, 0.15) is 0 Å². The van der Waals surface area contributed by atoms with E-state index in [1.54, 1.807) is 0 Å². The monoisotopic (exact) mass is 284 g/mol. The third-order valence-electron chi connectivity index (χ3n) is 2.29. The van der Waals surface area contributed by atoms with Crippen LogP contribution in [-0.2, 0) is 9.47 Å². The normalized spacial score (nSPS) is 32.8. The van der Waals surface area contributed by atoms with E-state index in [0.717, 1.165) is 13.2 Å². The van der Waals surface area contributed by atoms with Crippen LogP contribution in [0.1, 0.15) is 20.8 Å². The molecule has 2 nitrogen and oxygen atoms in total. The summed E-state index contributed by atoms with van der Waals surface area (Å²) in [5.74, 6) is 0.592. The predicted molar refractivity (Wildman–Crippen MR) is 57.8 cm³/mol. The zero-order valence-electron chi connectivity index (χ0n) is 7.92. The van der Waals surface area contributed by atoms with Crippen molar-refractivity contribution in [3.8, 4) is 0 Å². The first-order chi connectivity index (χ1) is 5.61. The molecule has 1 aliphatic rings. The molecule has 1 saturated heterocycles. The molecule has 0 aromatic rings. The summed E-state index contributed by atoms with van der Waals surface area (Å²) in [6.07, 6.45) is 0.650. The lowest BCUT2D eigenvalue weighted by molar-refractivity contribution is -0.0248. The largest absolute Gasteiger partial charge is 0.378 e. The first-order valence-electron chi connectivity index (χ1n) is 4.48. The van der Waals surface area contributed by atoms with Crippen molar-refractivity contribution >= 4 is 22.6 Å². The molecule has 0 N–H and O–H groups in total. The van der Waals surface area contributed by atoms with Crippen LogP contribution in [0, 0.1) is 5.92 Å². The summed E-state index contributed by atoms with van der Waals surface area (Å²) in [7, 11) is 0. The first kappa shape index (κ1) is 10.7. The molecule has 3 atom stereocenters. The predicted octanol–water partition coefficient (Wildman–Crippen LogP) is 2.25. The van der Waals surface area contributed by atoms with Gasteiger partial charge in [-0.3, -0.25) is 0 Å². The number of halogens is 1. The highest BCUT2D eigenvalue weighted by Gasteiger charge is 2.28. The Hall–Kier alpha value is 0.650. The van der Waals surface area contributed by atoms with Crippen LogP contribution in [0.4, 0.5) is 0 Å². The molecule has 1 heterocycles. The lowest BCUT2D eigenvalue weighted by Crippen LogP contribution is -2.29. The number of alkyl halides is 1. The van der Waals surface area contributed by atoms with Gasteiger partial charge in [-0.05, 0) is 12.8 Å². The summed E-state index contributed by atoms with van der Waals surface area (Å²) >= 11 is 2.40. The Balaban J connectivity index is 2.30. The molecule has 1 fully saturated rings. The summed E-state index contributed by atoms with van der Waals surface area (Å²) in [6, 6.07) is 0. The third kappa shape index (κ3) is 2.85. The first-order valence-corrected chi connectivity index (χ1v) is 5.73. The zero-order chi connectivity index (χ0) is 9.14. The number of hydrogen-bond donors (Lipinski definition) is 0. The molecule has 0 amide bonds. The van der Waals surface area contributed by atoms with Gasteiger partial charge in [-0.15, -0.1) is 0 Å². The van der Waals surface area contributed by atoms with Gasteiger partial charge in [-0.25, -0.2) is 0 Å². The molecular weight excluding hydrogens is 267 g/mol. The number of rotatable bonds is 3. The molecular formula is C9H17IO2. The molecule has 0 saturated carbocycles. The Morgan fingerprint density at radius 3 is 2.42 bits per heavy atom. The van der Waals surface area contributed by atoms with Crippen molar-refractivity contribution in [1.29, 1.82) is 0 Å². The van der Waals surface area contributed by atoms with Gasteiger partial charge in [-0.2, -0.15) is 0 Å². The summed E-state index contributed by atoms with van der Waals surface area (Å²) in [4.78, 5) is 0. The number of hydrogen-bond acceptors (Lipinski definition) is 2.